The highest BCUT2D eigenvalue weighted by atomic mass is 127. The maximum Gasteiger partial charge on any atom is 0.344 e. The van der Waals surface area contributed by atoms with Crippen LogP contribution in [0.1, 0.15) is 23.1 Å². The Morgan fingerprint density at radius 3 is 2.69 bits per heavy atom. The number of ether oxygens (including phenoxy) is 2. The Kier molecular flexibility index (Phi) is 6.13. The number of carbonyl (C=O) groups is 2. The second-order valence-corrected chi connectivity index (χ2v) is 7.49. The number of halogens is 1. The number of rotatable bonds is 6. The van der Waals surface area contributed by atoms with Crippen molar-refractivity contribution >= 4 is 40.2 Å². The minimum Gasteiger partial charge on any atom is -0.482 e. The first-order valence-electron chi connectivity index (χ1n) is 8.47. The highest BCUT2D eigenvalue weighted by Crippen LogP contribution is 2.26. The number of nitrogens with one attached hydrogen (secondary N) is 1. The molecule has 136 valence electrons. The number of amides is 1. The number of aryl methyl sites for hydroxylation is 3. The lowest BCUT2D eigenvalue weighted by molar-refractivity contribution is -0.149. The molecule has 0 fully saturated rings. The molecule has 0 radical (unpaired) electrons. The van der Waals surface area contributed by atoms with E-state index in [4.69, 9.17) is 9.47 Å². The number of esters is 1. The van der Waals surface area contributed by atoms with Gasteiger partial charge in [-0.15, -0.1) is 0 Å². The van der Waals surface area contributed by atoms with E-state index in [0.717, 1.165) is 28.4 Å². The standard InChI is InChI=1S/C20H20INO4/c1-13-9-16(21)6-8-18(13)22-19(23)11-26-20(24)12-25-17-7-5-14-3-2-4-15(14)10-17/h5-10H,2-4,11-12H2,1H3,(H,22,23). The first kappa shape index (κ1) is 18.7. The summed E-state index contributed by atoms with van der Waals surface area (Å²) in [5.74, 6) is -0.290. The molecule has 3 rings (SSSR count). The lowest BCUT2D eigenvalue weighted by atomic mass is 10.1. The average Bonchev–Trinajstić information content (AvgIpc) is 3.08. The van der Waals surface area contributed by atoms with Gasteiger partial charge in [-0.3, -0.25) is 4.79 Å². The minimum absolute atomic E-state index is 0.214. The summed E-state index contributed by atoms with van der Waals surface area (Å²) < 4.78 is 11.5. The van der Waals surface area contributed by atoms with Crippen LogP contribution >= 0.6 is 22.6 Å². The van der Waals surface area contributed by atoms with Crippen LogP contribution in [-0.4, -0.2) is 25.1 Å². The highest BCUT2D eigenvalue weighted by Gasteiger charge is 2.13. The first-order chi connectivity index (χ1) is 12.5. The summed E-state index contributed by atoms with van der Waals surface area (Å²) in [5.41, 5.74) is 4.29. The van der Waals surface area contributed by atoms with E-state index in [9.17, 15) is 9.59 Å². The molecule has 1 N–H and O–H groups in total. The monoisotopic (exact) mass is 465 g/mol. The molecule has 0 bridgehead atoms. The summed E-state index contributed by atoms with van der Waals surface area (Å²) in [6, 6.07) is 11.6. The molecule has 2 aromatic carbocycles. The maximum absolute atomic E-state index is 11.9. The normalized spacial score (nSPS) is 12.4. The molecular formula is C20H20INO4. The topological polar surface area (TPSA) is 64.6 Å². The van der Waals surface area contributed by atoms with Gasteiger partial charge in [0.25, 0.3) is 5.91 Å². The molecule has 1 aliphatic carbocycles. The van der Waals surface area contributed by atoms with Gasteiger partial charge in [-0.1, -0.05) is 6.07 Å². The fourth-order valence-electron chi connectivity index (χ4n) is 2.92. The van der Waals surface area contributed by atoms with Crippen molar-refractivity contribution in [1.82, 2.24) is 0 Å². The van der Waals surface area contributed by atoms with E-state index in [1.165, 1.54) is 11.1 Å². The largest absolute Gasteiger partial charge is 0.482 e. The van der Waals surface area contributed by atoms with Crippen molar-refractivity contribution in [3.63, 3.8) is 0 Å². The molecule has 6 heteroatoms. The van der Waals surface area contributed by atoms with Gasteiger partial charge in [0.1, 0.15) is 5.75 Å². The quantitative estimate of drug-likeness (QED) is 0.523. The molecule has 5 nitrogen and oxygen atoms in total. The predicted molar refractivity (Wildman–Crippen MR) is 107 cm³/mol. The van der Waals surface area contributed by atoms with E-state index < -0.39 is 5.97 Å². The minimum atomic E-state index is -0.569. The molecule has 0 aromatic heterocycles. The van der Waals surface area contributed by atoms with E-state index in [0.29, 0.717) is 11.4 Å². The van der Waals surface area contributed by atoms with Crippen molar-refractivity contribution in [2.75, 3.05) is 18.5 Å². The molecule has 0 unspecified atom stereocenters. The number of fused-ring (bicyclic) bond motifs is 1. The zero-order valence-corrected chi connectivity index (χ0v) is 16.7. The molecule has 0 heterocycles. The molecular weight excluding hydrogens is 445 g/mol. The number of anilines is 1. The summed E-state index contributed by atoms with van der Waals surface area (Å²) >= 11 is 2.21. The van der Waals surface area contributed by atoms with E-state index in [1.54, 1.807) is 0 Å². The summed E-state index contributed by atoms with van der Waals surface area (Å²) in [6.45, 7) is 1.36. The Morgan fingerprint density at radius 2 is 1.88 bits per heavy atom. The van der Waals surface area contributed by atoms with Crippen molar-refractivity contribution in [2.45, 2.75) is 26.2 Å². The van der Waals surface area contributed by atoms with Crippen LogP contribution in [0.2, 0.25) is 0 Å². The summed E-state index contributed by atoms with van der Waals surface area (Å²) in [6.07, 6.45) is 3.32. The van der Waals surface area contributed by atoms with Crippen LogP contribution in [0, 0.1) is 10.5 Å². The highest BCUT2D eigenvalue weighted by molar-refractivity contribution is 14.1. The Bertz CT molecular complexity index is 835. The Hall–Kier alpha value is -2.09. The average molecular weight is 465 g/mol. The van der Waals surface area contributed by atoms with Gasteiger partial charge in [0.05, 0.1) is 0 Å². The van der Waals surface area contributed by atoms with E-state index >= 15 is 0 Å². The second-order valence-electron chi connectivity index (χ2n) is 6.24. The number of hydrogen-bond acceptors (Lipinski definition) is 4. The molecule has 1 aliphatic rings. The van der Waals surface area contributed by atoms with Gasteiger partial charge in [0, 0.05) is 9.26 Å². The van der Waals surface area contributed by atoms with Crippen LogP contribution in [-0.2, 0) is 27.2 Å². The van der Waals surface area contributed by atoms with Crippen molar-refractivity contribution in [1.29, 1.82) is 0 Å². The molecule has 0 saturated heterocycles. The summed E-state index contributed by atoms with van der Waals surface area (Å²) in [7, 11) is 0. The number of hydrogen-bond donors (Lipinski definition) is 1. The van der Waals surface area contributed by atoms with Crippen molar-refractivity contribution < 1.29 is 19.1 Å². The zero-order valence-electron chi connectivity index (χ0n) is 14.5. The Labute approximate surface area is 166 Å². The van der Waals surface area contributed by atoms with Crippen molar-refractivity contribution in [3.8, 4) is 5.75 Å². The van der Waals surface area contributed by atoms with Gasteiger partial charge >= 0.3 is 5.97 Å². The fourth-order valence-corrected chi connectivity index (χ4v) is 3.57. The number of benzene rings is 2. The van der Waals surface area contributed by atoms with E-state index in [2.05, 4.69) is 27.9 Å². The third kappa shape index (κ3) is 4.97. The number of carbonyl (C=O) groups excluding carboxylic acids is 2. The van der Waals surface area contributed by atoms with Gasteiger partial charge in [0.2, 0.25) is 0 Å². The Morgan fingerprint density at radius 1 is 1.08 bits per heavy atom. The van der Waals surface area contributed by atoms with Gasteiger partial charge in [-0.2, -0.15) is 0 Å². The zero-order chi connectivity index (χ0) is 18.5. The van der Waals surface area contributed by atoms with Crippen molar-refractivity contribution in [3.05, 3.63) is 56.7 Å². The third-order valence-electron chi connectivity index (χ3n) is 4.25. The molecule has 0 saturated carbocycles. The van der Waals surface area contributed by atoms with E-state index in [-0.39, 0.29) is 19.1 Å². The second kappa shape index (κ2) is 8.53. The predicted octanol–water partition coefficient (Wildman–Crippen LogP) is 3.65. The molecule has 26 heavy (non-hydrogen) atoms. The van der Waals surface area contributed by atoms with Crippen LogP contribution in [0.3, 0.4) is 0 Å². The molecule has 1 amide bonds. The van der Waals surface area contributed by atoms with E-state index in [1.807, 2.05) is 43.3 Å². The lowest BCUT2D eigenvalue weighted by Gasteiger charge is -2.10. The SMILES string of the molecule is Cc1cc(I)ccc1NC(=O)COC(=O)COc1ccc2c(c1)CCC2. The van der Waals surface area contributed by atoms with Gasteiger partial charge in [0.15, 0.2) is 13.2 Å². The van der Waals surface area contributed by atoms with Crippen LogP contribution < -0.4 is 10.1 Å². The maximum atomic E-state index is 11.9. The van der Waals surface area contributed by atoms with Gasteiger partial charge < -0.3 is 14.8 Å². The smallest absolute Gasteiger partial charge is 0.344 e. The fraction of sp³-hybridized carbons (Fsp3) is 0.300. The first-order valence-corrected chi connectivity index (χ1v) is 9.55. The molecule has 0 spiro atoms. The molecule has 0 aliphatic heterocycles. The molecule has 2 aromatic rings. The van der Waals surface area contributed by atoms with Gasteiger partial charge in [-0.25, -0.2) is 4.79 Å². The lowest BCUT2D eigenvalue weighted by Crippen LogP contribution is -2.24. The van der Waals surface area contributed by atoms with Crippen LogP contribution in [0.5, 0.6) is 5.75 Å². The van der Waals surface area contributed by atoms with Crippen LogP contribution in [0.25, 0.3) is 0 Å². The third-order valence-corrected chi connectivity index (χ3v) is 4.92. The van der Waals surface area contributed by atoms with Crippen molar-refractivity contribution in [2.24, 2.45) is 0 Å². The Balaban J connectivity index is 1.43. The summed E-state index contributed by atoms with van der Waals surface area (Å²) in [4.78, 5) is 23.7. The molecule has 0 atom stereocenters. The van der Waals surface area contributed by atoms with Crippen LogP contribution in [0.15, 0.2) is 36.4 Å². The van der Waals surface area contributed by atoms with Gasteiger partial charge in [-0.05, 0) is 95.8 Å². The summed E-state index contributed by atoms with van der Waals surface area (Å²) in [5, 5.41) is 2.73. The van der Waals surface area contributed by atoms with Crippen LogP contribution in [0.4, 0.5) is 5.69 Å².